The number of likely N-dealkylation sites (tertiary alicyclic amines) is 1. The summed E-state index contributed by atoms with van der Waals surface area (Å²) in [6, 6.07) is 20.9. The van der Waals surface area contributed by atoms with Crippen LogP contribution in [-0.2, 0) is 11.2 Å². The number of piperidine rings is 1. The minimum absolute atomic E-state index is 0.0848. The number of benzene rings is 1. The molecule has 0 spiro atoms. The Morgan fingerprint density at radius 1 is 1.10 bits per heavy atom. The number of hydrogen-bond acceptors (Lipinski definition) is 4. The number of nitrogens with zero attached hydrogens (tertiary/aromatic N) is 3. The number of thiophene rings is 1. The van der Waals surface area contributed by atoms with Gasteiger partial charge in [-0.15, -0.1) is 11.3 Å². The van der Waals surface area contributed by atoms with Crippen molar-refractivity contribution in [2.24, 2.45) is 0 Å². The summed E-state index contributed by atoms with van der Waals surface area (Å²) in [5.74, 6) is 0.0848. The average Bonchev–Trinajstić information content (AvgIpc) is 3.31. The van der Waals surface area contributed by atoms with Crippen LogP contribution in [-0.4, -0.2) is 53.4 Å². The predicted octanol–water partition coefficient (Wildman–Crippen LogP) is 4.99. The average molecular weight is 432 g/mol. The molecular weight excluding hydrogens is 402 g/mol. The number of amides is 1. The van der Waals surface area contributed by atoms with Gasteiger partial charge in [-0.3, -0.25) is 9.78 Å². The molecule has 160 valence electrons. The highest BCUT2D eigenvalue weighted by Crippen LogP contribution is 2.28. The van der Waals surface area contributed by atoms with Gasteiger partial charge in [-0.05, 0) is 48.7 Å². The van der Waals surface area contributed by atoms with E-state index in [0.717, 1.165) is 49.5 Å². The summed E-state index contributed by atoms with van der Waals surface area (Å²) >= 11 is 1.71. The Hall–Kier alpha value is -2.76. The molecule has 0 aliphatic carbocycles. The van der Waals surface area contributed by atoms with E-state index in [2.05, 4.69) is 40.2 Å². The fraction of sp³-hybridized carbons (Fsp3) is 0.308. The van der Waals surface area contributed by atoms with E-state index < -0.39 is 0 Å². The van der Waals surface area contributed by atoms with Crippen LogP contribution in [0.3, 0.4) is 0 Å². The van der Waals surface area contributed by atoms with Gasteiger partial charge in [-0.1, -0.05) is 36.4 Å². The van der Waals surface area contributed by atoms with Gasteiger partial charge in [-0.2, -0.15) is 0 Å². The van der Waals surface area contributed by atoms with Gasteiger partial charge in [0.25, 0.3) is 0 Å². The summed E-state index contributed by atoms with van der Waals surface area (Å²) in [6.07, 6.45) is 8.54. The van der Waals surface area contributed by atoms with Crippen molar-refractivity contribution in [3.8, 4) is 10.4 Å². The molecular formula is C26H29N3OS. The molecule has 5 heteroatoms. The van der Waals surface area contributed by atoms with E-state index in [-0.39, 0.29) is 5.91 Å². The first kappa shape index (κ1) is 21.5. The molecule has 4 rings (SSSR count). The van der Waals surface area contributed by atoms with Crippen molar-refractivity contribution in [3.05, 3.63) is 83.5 Å². The molecule has 0 bridgehead atoms. The van der Waals surface area contributed by atoms with Crippen LogP contribution in [0, 0.1) is 0 Å². The molecule has 0 saturated carbocycles. The fourth-order valence-corrected chi connectivity index (χ4v) is 4.92. The van der Waals surface area contributed by atoms with E-state index in [0.29, 0.717) is 6.04 Å². The van der Waals surface area contributed by atoms with E-state index in [1.54, 1.807) is 17.4 Å². The maximum atomic E-state index is 12.7. The van der Waals surface area contributed by atoms with Crippen molar-refractivity contribution in [1.29, 1.82) is 0 Å². The maximum absolute atomic E-state index is 12.7. The lowest BCUT2D eigenvalue weighted by Gasteiger charge is -2.36. The van der Waals surface area contributed by atoms with Crippen molar-refractivity contribution in [2.45, 2.75) is 25.3 Å². The van der Waals surface area contributed by atoms with Crippen molar-refractivity contribution in [1.82, 2.24) is 14.8 Å². The lowest BCUT2D eigenvalue weighted by Crippen LogP contribution is -2.45. The van der Waals surface area contributed by atoms with Crippen molar-refractivity contribution >= 4 is 23.3 Å². The molecule has 1 saturated heterocycles. The highest BCUT2D eigenvalue weighted by atomic mass is 32.1. The topological polar surface area (TPSA) is 36.4 Å². The first-order valence-electron chi connectivity index (χ1n) is 10.9. The van der Waals surface area contributed by atoms with Crippen LogP contribution < -0.4 is 0 Å². The largest absolute Gasteiger partial charge is 0.339 e. The Balaban J connectivity index is 1.25. The monoisotopic (exact) mass is 431 g/mol. The molecule has 0 unspecified atom stereocenters. The van der Waals surface area contributed by atoms with E-state index in [9.17, 15) is 4.79 Å². The van der Waals surface area contributed by atoms with Crippen LogP contribution in [0.15, 0.2) is 72.9 Å². The standard InChI is InChI=1S/C26H29N3OS/c1-28(23-15-19-29(20-16-23)18-14-22-9-5-6-17-27-22)26(30)13-11-24-10-12-25(31-24)21-7-3-2-4-8-21/h2-13,17,23H,14-16,18-20H2,1H3/b13-11+. The molecule has 1 aliphatic rings. The van der Waals surface area contributed by atoms with E-state index in [1.807, 2.05) is 54.6 Å². The smallest absolute Gasteiger partial charge is 0.246 e. The minimum Gasteiger partial charge on any atom is -0.339 e. The summed E-state index contributed by atoms with van der Waals surface area (Å²) in [5, 5.41) is 0. The Morgan fingerprint density at radius 3 is 2.61 bits per heavy atom. The SMILES string of the molecule is CN(C(=O)/C=C/c1ccc(-c2ccccc2)s1)C1CCN(CCc2ccccn2)CC1. The number of carbonyl (C=O) groups excluding carboxylic acids is 1. The summed E-state index contributed by atoms with van der Waals surface area (Å²) in [5.41, 5.74) is 2.36. The summed E-state index contributed by atoms with van der Waals surface area (Å²) in [7, 11) is 1.94. The van der Waals surface area contributed by atoms with Crippen molar-refractivity contribution in [3.63, 3.8) is 0 Å². The first-order valence-corrected chi connectivity index (χ1v) is 11.7. The molecule has 1 aromatic carbocycles. The molecule has 0 radical (unpaired) electrons. The van der Waals surface area contributed by atoms with Crippen LogP contribution in [0.1, 0.15) is 23.4 Å². The zero-order chi connectivity index (χ0) is 21.5. The molecule has 31 heavy (non-hydrogen) atoms. The third kappa shape index (κ3) is 5.90. The Morgan fingerprint density at radius 2 is 1.87 bits per heavy atom. The molecule has 2 aromatic heterocycles. The third-order valence-electron chi connectivity index (χ3n) is 5.94. The van der Waals surface area contributed by atoms with Crippen LogP contribution in [0.4, 0.5) is 0 Å². The summed E-state index contributed by atoms with van der Waals surface area (Å²) < 4.78 is 0. The molecule has 3 aromatic rings. The molecule has 3 heterocycles. The lowest BCUT2D eigenvalue weighted by molar-refractivity contribution is -0.127. The van der Waals surface area contributed by atoms with Crippen LogP contribution in [0.25, 0.3) is 16.5 Å². The molecule has 1 amide bonds. The first-order chi connectivity index (χ1) is 15.2. The highest BCUT2D eigenvalue weighted by molar-refractivity contribution is 7.16. The Kier molecular flexibility index (Phi) is 7.28. The predicted molar refractivity (Wildman–Crippen MR) is 129 cm³/mol. The zero-order valence-corrected chi connectivity index (χ0v) is 18.8. The van der Waals surface area contributed by atoms with E-state index in [4.69, 9.17) is 0 Å². The molecule has 4 nitrogen and oxygen atoms in total. The van der Waals surface area contributed by atoms with Gasteiger partial charge in [0.15, 0.2) is 0 Å². The molecule has 0 N–H and O–H groups in total. The van der Waals surface area contributed by atoms with E-state index >= 15 is 0 Å². The van der Waals surface area contributed by atoms with Gasteiger partial charge in [-0.25, -0.2) is 0 Å². The fourth-order valence-electron chi connectivity index (χ4n) is 4.00. The second kappa shape index (κ2) is 10.5. The van der Waals surface area contributed by atoms with E-state index in [1.165, 1.54) is 10.4 Å². The number of aromatic nitrogens is 1. The lowest BCUT2D eigenvalue weighted by atomic mass is 10.0. The van der Waals surface area contributed by atoms with Gasteiger partial charge in [0.2, 0.25) is 5.91 Å². The highest BCUT2D eigenvalue weighted by Gasteiger charge is 2.24. The van der Waals surface area contributed by atoms with Gasteiger partial charge in [0, 0.05) is 66.9 Å². The number of hydrogen-bond donors (Lipinski definition) is 0. The quantitative estimate of drug-likeness (QED) is 0.495. The van der Waals surface area contributed by atoms with Gasteiger partial charge < -0.3 is 9.80 Å². The molecule has 1 aliphatic heterocycles. The maximum Gasteiger partial charge on any atom is 0.246 e. The minimum atomic E-state index is 0.0848. The normalized spacial score (nSPS) is 15.4. The summed E-state index contributed by atoms with van der Waals surface area (Å²) in [6.45, 7) is 3.10. The summed E-state index contributed by atoms with van der Waals surface area (Å²) in [4.78, 5) is 23.8. The van der Waals surface area contributed by atoms with Crippen LogP contribution in [0.5, 0.6) is 0 Å². The zero-order valence-electron chi connectivity index (χ0n) is 18.0. The number of pyridine rings is 1. The number of carbonyl (C=O) groups is 1. The number of rotatable bonds is 7. The number of likely N-dealkylation sites (N-methyl/N-ethyl adjacent to an activating group) is 1. The van der Waals surface area contributed by atoms with Gasteiger partial charge >= 0.3 is 0 Å². The third-order valence-corrected chi connectivity index (χ3v) is 7.04. The van der Waals surface area contributed by atoms with Crippen LogP contribution >= 0.6 is 11.3 Å². The van der Waals surface area contributed by atoms with Gasteiger partial charge in [0.1, 0.15) is 0 Å². The van der Waals surface area contributed by atoms with Gasteiger partial charge in [0.05, 0.1) is 0 Å². The van der Waals surface area contributed by atoms with Crippen LogP contribution in [0.2, 0.25) is 0 Å². The second-order valence-corrected chi connectivity index (χ2v) is 9.11. The Bertz CT molecular complexity index is 992. The van der Waals surface area contributed by atoms with Crippen molar-refractivity contribution < 1.29 is 4.79 Å². The van der Waals surface area contributed by atoms with Crippen molar-refractivity contribution in [2.75, 3.05) is 26.7 Å². The Labute approximate surface area is 188 Å². The molecule has 1 fully saturated rings. The second-order valence-electron chi connectivity index (χ2n) is 7.99. The molecule has 0 atom stereocenters.